The molecule has 3 unspecified atom stereocenters. The Morgan fingerprint density at radius 3 is 2.75 bits per heavy atom. The number of morpholine rings is 1. The highest BCUT2D eigenvalue weighted by Gasteiger charge is 2.27. The van der Waals surface area contributed by atoms with Gasteiger partial charge in [0, 0.05) is 18.6 Å². The van der Waals surface area contributed by atoms with E-state index in [4.69, 9.17) is 4.74 Å². The second-order valence-corrected chi connectivity index (χ2v) is 6.55. The quantitative estimate of drug-likeness (QED) is 0.779. The highest BCUT2D eigenvalue weighted by molar-refractivity contribution is 5.04. The van der Waals surface area contributed by atoms with Gasteiger partial charge in [-0.15, -0.1) is 0 Å². The molecule has 1 heterocycles. The Balaban J connectivity index is 2.43. The first-order valence-corrected chi connectivity index (χ1v) is 7.94. The van der Waals surface area contributed by atoms with Gasteiger partial charge < -0.3 is 4.74 Å². The minimum atomic E-state index is -0.409. The molecule has 0 aromatic carbocycles. The van der Waals surface area contributed by atoms with Crippen LogP contribution in [0.4, 0.5) is 0 Å². The second kappa shape index (κ2) is 7.97. The van der Waals surface area contributed by atoms with Crippen LogP contribution in [0, 0.1) is 11.3 Å². The fourth-order valence-electron chi connectivity index (χ4n) is 3.00. The van der Waals surface area contributed by atoms with Gasteiger partial charge in [0.1, 0.15) is 5.54 Å². The molecular weight excluding hydrogens is 250 g/mol. The van der Waals surface area contributed by atoms with Crippen LogP contribution in [0.2, 0.25) is 0 Å². The summed E-state index contributed by atoms with van der Waals surface area (Å²) in [6, 6.07) is 3.31. The number of hydrogen-bond acceptors (Lipinski definition) is 4. The number of rotatable bonds is 7. The summed E-state index contributed by atoms with van der Waals surface area (Å²) >= 11 is 0. The molecule has 1 rings (SSSR count). The monoisotopic (exact) mass is 281 g/mol. The molecule has 1 saturated heterocycles. The van der Waals surface area contributed by atoms with Gasteiger partial charge in [-0.2, -0.15) is 5.26 Å². The van der Waals surface area contributed by atoms with Gasteiger partial charge in [0.2, 0.25) is 0 Å². The van der Waals surface area contributed by atoms with E-state index in [1.807, 2.05) is 6.92 Å². The molecule has 0 aliphatic carbocycles. The van der Waals surface area contributed by atoms with E-state index in [0.717, 1.165) is 39.0 Å². The van der Waals surface area contributed by atoms with E-state index in [9.17, 15) is 5.26 Å². The predicted molar refractivity (Wildman–Crippen MR) is 82.6 cm³/mol. The molecular formula is C16H31N3O. The minimum Gasteiger partial charge on any atom is -0.376 e. The van der Waals surface area contributed by atoms with Gasteiger partial charge in [0.25, 0.3) is 0 Å². The Hall–Kier alpha value is -0.630. The smallest absolute Gasteiger partial charge is 0.104 e. The molecule has 3 atom stereocenters. The van der Waals surface area contributed by atoms with E-state index in [1.54, 1.807) is 0 Å². The summed E-state index contributed by atoms with van der Waals surface area (Å²) in [4.78, 5) is 2.53. The van der Waals surface area contributed by atoms with Crippen molar-refractivity contribution < 1.29 is 4.74 Å². The van der Waals surface area contributed by atoms with Crippen molar-refractivity contribution in [3.05, 3.63) is 0 Å². The lowest BCUT2D eigenvalue weighted by molar-refractivity contribution is -0.0563. The highest BCUT2D eigenvalue weighted by atomic mass is 16.5. The molecule has 0 radical (unpaired) electrons. The molecule has 4 nitrogen and oxygen atoms in total. The van der Waals surface area contributed by atoms with Crippen molar-refractivity contribution in [1.29, 1.82) is 5.26 Å². The Morgan fingerprint density at radius 2 is 2.20 bits per heavy atom. The number of hydrogen-bond donors (Lipinski definition) is 1. The van der Waals surface area contributed by atoms with Crippen molar-refractivity contribution in [2.24, 2.45) is 0 Å². The zero-order valence-corrected chi connectivity index (χ0v) is 13.8. The first kappa shape index (κ1) is 17.4. The minimum absolute atomic E-state index is 0.328. The van der Waals surface area contributed by atoms with Gasteiger partial charge in [0.15, 0.2) is 0 Å². The maximum atomic E-state index is 9.37. The number of ether oxygens (including phenoxy) is 1. The Morgan fingerprint density at radius 1 is 1.50 bits per heavy atom. The van der Waals surface area contributed by atoms with Crippen LogP contribution in [0.3, 0.4) is 0 Å². The van der Waals surface area contributed by atoms with Crippen LogP contribution in [0.1, 0.15) is 53.9 Å². The molecule has 0 saturated carbocycles. The van der Waals surface area contributed by atoms with Crippen molar-refractivity contribution in [2.75, 3.05) is 19.7 Å². The van der Waals surface area contributed by atoms with Gasteiger partial charge in [0.05, 0.1) is 18.8 Å². The van der Waals surface area contributed by atoms with Gasteiger partial charge in [-0.05, 0) is 53.5 Å². The number of nitriles is 1. The molecule has 1 aliphatic heterocycles. The summed E-state index contributed by atoms with van der Waals surface area (Å²) in [6.07, 6.45) is 3.40. The van der Waals surface area contributed by atoms with Gasteiger partial charge in [-0.25, -0.2) is 0 Å². The average Bonchev–Trinajstić information content (AvgIpc) is 2.38. The van der Waals surface area contributed by atoms with E-state index < -0.39 is 5.54 Å². The van der Waals surface area contributed by atoms with Crippen molar-refractivity contribution in [3.63, 3.8) is 0 Å². The van der Waals surface area contributed by atoms with Crippen molar-refractivity contribution >= 4 is 0 Å². The molecule has 0 bridgehead atoms. The van der Waals surface area contributed by atoms with E-state index >= 15 is 0 Å². The van der Waals surface area contributed by atoms with Gasteiger partial charge in [-0.1, -0.05) is 6.92 Å². The molecule has 116 valence electrons. The summed E-state index contributed by atoms with van der Waals surface area (Å²) in [5.74, 6) is 0. The van der Waals surface area contributed by atoms with Gasteiger partial charge >= 0.3 is 0 Å². The Kier molecular flexibility index (Phi) is 6.94. The van der Waals surface area contributed by atoms with Crippen molar-refractivity contribution in [3.8, 4) is 6.07 Å². The van der Waals surface area contributed by atoms with Crippen molar-refractivity contribution in [2.45, 2.75) is 77.6 Å². The van der Waals surface area contributed by atoms with Crippen LogP contribution in [-0.2, 0) is 4.74 Å². The van der Waals surface area contributed by atoms with E-state index in [0.29, 0.717) is 18.2 Å². The molecule has 0 spiro atoms. The first-order valence-electron chi connectivity index (χ1n) is 7.94. The predicted octanol–water partition coefficient (Wildman–Crippen LogP) is 2.55. The average molecular weight is 281 g/mol. The van der Waals surface area contributed by atoms with Crippen LogP contribution in [-0.4, -0.2) is 48.3 Å². The number of nitrogens with one attached hydrogen (secondary N) is 1. The van der Waals surface area contributed by atoms with E-state index in [1.165, 1.54) is 0 Å². The summed E-state index contributed by atoms with van der Waals surface area (Å²) in [7, 11) is 0. The van der Waals surface area contributed by atoms with Crippen LogP contribution < -0.4 is 5.32 Å². The van der Waals surface area contributed by atoms with Crippen LogP contribution in [0.15, 0.2) is 0 Å². The van der Waals surface area contributed by atoms with Crippen LogP contribution in [0.5, 0.6) is 0 Å². The maximum absolute atomic E-state index is 9.37. The van der Waals surface area contributed by atoms with Gasteiger partial charge in [-0.3, -0.25) is 10.2 Å². The topological polar surface area (TPSA) is 48.3 Å². The second-order valence-electron chi connectivity index (χ2n) is 6.55. The third-order valence-electron chi connectivity index (χ3n) is 4.03. The van der Waals surface area contributed by atoms with Crippen LogP contribution in [0.25, 0.3) is 0 Å². The summed E-state index contributed by atoms with van der Waals surface area (Å²) in [6.45, 7) is 13.5. The summed E-state index contributed by atoms with van der Waals surface area (Å²) in [5.41, 5.74) is -0.409. The lowest BCUT2D eigenvalue weighted by Crippen LogP contribution is -2.49. The number of nitrogens with zero attached hydrogens (tertiary/aromatic N) is 2. The maximum Gasteiger partial charge on any atom is 0.104 e. The highest BCUT2D eigenvalue weighted by Crippen LogP contribution is 2.18. The molecule has 20 heavy (non-hydrogen) atoms. The Labute approximate surface area is 124 Å². The Bertz CT molecular complexity index is 326. The zero-order chi connectivity index (χ0) is 15.2. The largest absolute Gasteiger partial charge is 0.376 e. The normalized spacial score (nSPS) is 27.2. The third kappa shape index (κ3) is 5.40. The van der Waals surface area contributed by atoms with Crippen LogP contribution >= 0.6 is 0 Å². The fraction of sp³-hybridized carbons (Fsp3) is 0.938. The van der Waals surface area contributed by atoms with Crippen molar-refractivity contribution in [1.82, 2.24) is 10.2 Å². The molecule has 1 aliphatic rings. The molecule has 0 aromatic heterocycles. The molecule has 1 fully saturated rings. The summed E-state index contributed by atoms with van der Waals surface area (Å²) in [5, 5.41) is 12.7. The summed E-state index contributed by atoms with van der Waals surface area (Å²) < 4.78 is 5.73. The molecule has 0 aromatic rings. The molecule has 0 amide bonds. The molecule has 1 N–H and O–H groups in total. The fourth-order valence-corrected chi connectivity index (χ4v) is 3.00. The standard InChI is InChI=1S/C16H31N3O/c1-6-15-11-20-14(4)10-19(15)9-7-8-16(5,12-17)18-13(2)3/h13-15,18H,6-11H2,1-5H3. The lowest BCUT2D eigenvalue weighted by atomic mass is 9.96. The zero-order valence-electron chi connectivity index (χ0n) is 13.8. The van der Waals surface area contributed by atoms with E-state index in [2.05, 4.69) is 44.0 Å². The molecule has 4 heteroatoms. The SMILES string of the molecule is CCC1COC(C)CN1CCCC(C)(C#N)NC(C)C. The third-order valence-corrected chi connectivity index (χ3v) is 4.03. The van der Waals surface area contributed by atoms with E-state index in [-0.39, 0.29) is 0 Å². The lowest BCUT2D eigenvalue weighted by Gasteiger charge is -2.38. The first-order chi connectivity index (χ1) is 9.40.